The molecule has 2 aliphatic rings. The van der Waals surface area contributed by atoms with Crippen molar-refractivity contribution in [2.75, 3.05) is 19.6 Å². The van der Waals surface area contributed by atoms with Crippen LogP contribution in [0.25, 0.3) is 0 Å². The molecule has 0 radical (unpaired) electrons. The van der Waals surface area contributed by atoms with Crippen molar-refractivity contribution >= 4 is 11.3 Å². The lowest BCUT2D eigenvalue weighted by atomic mass is 9.95. The first kappa shape index (κ1) is 14.6. The Morgan fingerprint density at radius 2 is 2.15 bits per heavy atom. The average molecular weight is 292 g/mol. The van der Waals surface area contributed by atoms with Gasteiger partial charge in [-0.2, -0.15) is 0 Å². The zero-order chi connectivity index (χ0) is 13.9. The van der Waals surface area contributed by atoms with Crippen LogP contribution in [-0.2, 0) is 13.0 Å². The lowest BCUT2D eigenvalue weighted by Crippen LogP contribution is -2.58. The van der Waals surface area contributed by atoms with Gasteiger partial charge in [-0.05, 0) is 49.2 Å². The van der Waals surface area contributed by atoms with Gasteiger partial charge >= 0.3 is 0 Å². The van der Waals surface area contributed by atoms with E-state index in [-0.39, 0.29) is 0 Å². The first-order valence-electron chi connectivity index (χ1n) is 8.35. The van der Waals surface area contributed by atoms with Crippen LogP contribution < -0.4 is 0 Å². The predicted octanol–water partition coefficient (Wildman–Crippen LogP) is 3.76. The number of hydrogen-bond donors (Lipinski definition) is 0. The third-order valence-electron chi connectivity index (χ3n) is 5.19. The molecule has 3 heterocycles. The van der Waals surface area contributed by atoms with E-state index in [0.717, 1.165) is 12.1 Å². The third kappa shape index (κ3) is 2.95. The van der Waals surface area contributed by atoms with Crippen molar-refractivity contribution in [1.82, 2.24) is 9.80 Å². The molecule has 0 amide bonds. The van der Waals surface area contributed by atoms with E-state index >= 15 is 0 Å². The highest BCUT2D eigenvalue weighted by Gasteiger charge is 2.34. The molecule has 0 aromatic carbocycles. The average Bonchev–Trinajstić information content (AvgIpc) is 2.93. The van der Waals surface area contributed by atoms with E-state index in [1.165, 1.54) is 58.3 Å². The third-order valence-corrected chi connectivity index (χ3v) is 6.14. The van der Waals surface area contributed by atoms with E-state index in [2.05, 4.69) is 35.1 Å². The van der Waals surface area contributed by atoms with Crippen LogP contribution in [0.1, 0.15) is 50.0 Å². The highest BCUT2D eigenvalue weighted by molar-refractivity contribution is 7.10. The summed E-state index contributed by atoms with van der Waals surface area (Å²) >= 11 is 1.95. The Morgan fingerprint density at radius 3 is 2.95 bits per heavy atom. The molecule has 2 fully saturated rings. The van der Waals surface area contributed by atoms with Gasteiger partial charge in [-0.1, -0.05) is 20.3 Å². The number of aryl methyl sites for hydroxylation is 1. The van der Waals surface area contributed by atoms with Crippen LogP contribution >= 0.6 is 11.3 Å². The molecule has 2 unspecified atom stereocenters. The van der Waals surface area contributed by atoms with Gasteiger partial charge < -0.3 is 0 Å². The number of fused-ring (bicyclic) bond motifs is 1. The van der Waals surface area contributed by atoms with Gasteiger partial charge in [0, 0.05) is 36.6 Å². The summed E-state index contributed by atoms with van der Waals surface area (Å²) in [4.78, 5) is 7.15. The molecule has 112 valence electrons. The van der Waals surface area contributed by atoms with Crippen molar-refractivity contribution in [2.24, 2.45) is 0 Å². The smallest absolute Gasteiger partial charge is 0.0334 e. The summed E-state index contributed by atoms with van der Waals surface area (Å²) in [5.41, 5.74) is 1.57. The van der Waals surface area contributed by atoms with Crippen LogP contribution in [0.2, 0.25) is 0 Å². The van der Waals surface area contributed by atoms with E-state index in [4.69, 9.17) is 0 Å². The number of thiophene rings is 1. The molecule has 2 saturated heterocycles. The molecule has 20 heavy (non-hydrogen) atoms. The van der Waals surface area contributed by atoms with Gasteiger partial charge in [0.25, 0.3) is 0 Å². The highest BCUT2D eigenvalue weighted by Crippen LogP contribution is 2.28. The number of hydrogen-bond acceptors (Lipinski definition) is 3. The zero-order valence-corrected chi connectivity index (χ0v) is 13.8. The highest BCUT2D eigenvalue weighted by atomic mass is 32.1. The number of rotatable bonds is 4. The summed E-state index contributed by atoms with van der Waals surface area (Å²) in [5, 5.41) is 2.27. The molecule has 1 aromatic heterocycles. The van der Waals surface area contributed by atoms with Crippen molar-refractivity contribution in [3.63, 3.8) is 0 Å². The topological polar surface area (TPSA) is 6.48 Å². The molecule has 1 aromatic rings. The van der Waals surface area contributed by atoms with Gasteiger partial charge in [0.1, 0.15) is 0 Å². The number of nitrogens with zero attached hydrogens (tertiary/aromatic N) is 2. The standard InChI is InChI=1S/C17H28N2S/c1-3-14-8-10-20-17(14)13-19-12-16-7-5-6-9-18(16)11-15(19)4-2/h8,10,15-16H,3-7,9,11-13H2,1-2H3. The van der Waals surface area contributed by atoms with Crippen LogP contribution in [0.5, 0.6) is 0 Å². The second-order valence-corrected chi connectivity index (χ2v) is 7.36. The van der Waals surface area contributed by atoms with Crippen LogP contribution in [0.4, 0.5) is 0 Å². The predicted molar refractivity (Wildman–Crippen MR) is 87.4 cm³/mol. The second-order valence-electron chi connectivity index (χ2n) is 6.36. The maximum atomic E-state index is 2.78. The van der Waals surface area contributed by atoms with Crippen molar-refractivity contribution < 1.29 is 0 Å². The molecule has 0 N–H and O–H groups in total. The van der Waals surface area contributed by atoms with Crippen molar-refractivity contribution in [3.05, 3.63) is 21.9 Å². The van der Waals surface area contributed by atoms with Gasteiger partial charge in [0.05, 0.1) is 0 Å². The summed E-state index contributed by atoms with van der Waals surface area (Å²) in [6, 6.07) is 3.91. The molecule has 0 saturated carbocycles. The van der Waals surface area contributed by atoms with Crippen LogP contribution in [0.3, 0.4) is 0 Å². The first-order chi connectivity index (χ1) is 9.81. The van der Waals surface area contributed by atoms with Crippen LogP contribution in [0, 0.1) is 0 Å². The molecule has 2 nitrogen and oxygen atoms in total. The molecular weight excluding hydrogens is 264 g/mol. The molecule has 2 aliphatic heterocycles. The SMILES string of the molecule is CCc1ccsc1CN1CC2CCCCN2CC1CC. The largest absolute Gasteiger partial charge is 0.298 e. The molecule has 0 bridgehead atoms. The Hall–Kier alpha value is -0.380. The van der Waals surface area contributed by atoms with Gasteiger partial charge in [-0.25, -0.2) is 0 Å². The molecular formula is C17H28N2S. The first-order valence-corrected chi connectivity index (χ1v) is 9.23. The van der Waals surface area contributed by atoms with Crippen molar-refractivity contribution in [1.29, 1.82) is 0 Å². The molecule has 0 aliphatic carbocycles. The lowest BCUT2D eigenvalue weighted by molar-refractivity contribution is 0.00367. The maximum absolute atomic E-state index is 2.78. The number of piperidine rings is 1. The van der Waals surface area contributed by atoms with Gasteiger partial charge in [-0.15, -0.1) is 11.3 Å². The summed E-state index contributed by atoms with van der Waals surface area (Å²) < 4.78 is 0. The fraction of sp³-hybridized carbons (Fsp3) is 0.765. The Balaban J connectivity index is 1.70. The molecule has 0 spiro atoms. The van der Waals surface area contributed by atoms with E-state index in [9.17, 15) is 0 Å². The Bertz CT molecular complexity index is 428. The van der Waals surface area contributed by atoms with E-state index in [1.807, 2.05) is 11.3 Å². The summed E-state index contributed by atoms with van der Waals surface area (Å²) in [6.07, 6.45) is 6.73. The summed E-state index contributed by atoms with van der Waals surface area (Å²) in [7, 11) is 0. The van der Waals surface area contributed by atoms with Crippen LogP contribution in [0.15, 0.2) is 11.4 Å². The van der Waals surface area contributed by atoms with E-state index in [0.29, 0.717) is 0 Å². The fourth-order valence-corrected chi connectivity index (χ4v) is 4.90. The normalized spacial score (nSPS) is 28.5. The van der Waals surface area contributed by atoms with Crippen molar-refractivity contribution in [3.8, 4) is 0 Å². The Kier molecular flexibility index (Phi) is 4.79. The maximum Gasteiger partial charge on any atom is 0.0334 e. The minimum absolute atomic E-state index is 0.760. The lowest BCUT2D eigenvalue weighted by Gasteiger charge is -2.48. The summed E-state index contributed by atoms with van der Waals surface area (Å²) in [6.45, 7) is 9.75. The Labute approximate surface area is 127 Å². The second kappa shape index (κ2) is 6.59. The summed E-state index contributed by atoms with van der Waals surface area (Å²) in [5.74, 6) is 0. The zero-order valence-electron chi connectivity index (χ0n) is 13.0. The minimum atomic E-state index is 0.760. The Morgan fingerprint density at radius 1 is 1.25 bits per heavy atom. The van der Waals surface area contributed by atoms with Gasteiger partial charge in [0.15, 0.2) is 0 Å². The van der Waals surface area contributed by atoms with Crippen LogP contribution in [-0.4, -0.2) is 41.5 Å². The fourth-order valence-electron chi connectivity index (χ4n) is 3.90. The van der Waals surface area contributed by atoms with E-state index in [1.54, 1.807) is 10.4 Å². The molecule has 2 atom stereocenters. The minimum Gasteiger partial charge on any atom is -0.298 e. The monoisotopic (exact) mass is 292 g/mol. The molecule has 3 rings (SSSR count). The van der Waals surface area contributed by atoms with E-state index < -0.39 is 0 Å². The number of piperazine rings is 1. The van der Waals surface area contributed by atoms with Crippen molar-refractivity contribution in [2.45, 2.75) is 64.6 Å². The van der Waals surface area contributed by atoms with Gasteiger partial charge in [-0.3, -0.25) is 9.80 Å². The van der Waals surface area contributed by atoms with Gasteiger partial charge in [0.2, 0.25) is 0 Å². The molecule has 3 heteroatoms. The quantitative estimate of drug-likeness (QED) is 0.834.